The molecule has 2 aromatic rings. The quantitative estimate of drug-likeness (QED) is 0.221. The van der Waals surface area contributed by atoms with Crippen LogP contribution in [0.3, 0.4) is 0 Å². The highest BCUT2D eigenvalue weighted by atomic mass is 32.2. The molecule has 212 valence electrons. The van der Waals surface area contributed by atoms with E-state index < -0.39 is 71.8 Å². The van der Waals surface area contributed by atoms with E-state index in [-0.39, 0.29) is 34.7 Å². The zero-order valence-corrected chi connectivity index (χ0v) is 23.3. The van der Waals surface area contributed by atoms with Gasteiger partial charge >= 0.3 is 5.97 Å². The number of nitrogens with one attached hydrogen (secondary N) is 1. The van der Waals surface area contributed by atoms with Gasteiger partial charge in [0.05, 0.1) is 22.8 Å². The second-order valence-electron chi connectivity index (χ2n) is 9.55. The summed E-state index contributed by atoms with van der Waals surface area (Å²) < 4.78 is 105. The number of anilines is 2. The molecule has 0 spiro atoms. The van der Waals surface area contributed by atoms with Gasteiger partial charge in [0.25, 0.3) is 0 Å². The van der Waals surface area contributed by atoms with E-state index in [1.165, 1.54) is 19.1 Å². The molecule has 3 N–H and O–H groups in total. The summed E-state index contributed by atoms with van der Waals surface area (Å²) in [5.41, 5.74) is 3.97. The van der Waals surface area contributed by atoms with Crippen LogP contribution in [0.15, 0.2) is 18.2 Å². The van der Waals surface area contributed by atoms with E-state index >= 15 is 4.39 Å². The largest absolute Gasteiger partial charge is 0.456 e. The molecule has 0 radical (unpaired) electrons. The molecule has 0 aliphatic rings. The molecule has 0 amide bonds. The Labute approximate surface area is 220 Å². The molecule has 0 unspecified atom stereocenters. The van der Waals surface area contributed by atoms with Crippen LogP contribution in [-0.4, -0.2) is 45.7 Å². The third-order valence-corrected chi connectivity index (χ3v) is 8.33. The minimum absolute atomic E-state index is 0.00122. The van der Waals surface area contributed by atoms with Crippen molar-refractivity contribution in [2.75, 3.05) is 27.7 Å². The smallest absolute Gasteiger partial charge is 0.341 e. The topological polar surface area (TPSA) is 142 Å². The molecule has 0 atom stereocenters. The molecule has 0 aromatic heterocycles. The summed E-state index contributed by atoms with van der Waals surface area (Å²) in [6.07, 6.45) is 0.0767. The molecular formula is C24H31F3N2O7S2. The standard InChI is InChI=1S/C24H31F3N2O7S2/c1-6-10-37(31,32)11-7-12-38(33,34)29-17-13-15(25)20(26)22(21(17)27)35-18-9-8-16(28)19(14(18)2)23(30)36-24(3,4)5/h8-9,13,29H,6-7,10-12,28H2,1-5H3. The van der Waals surface area contributed by atoms with E-state index in [0.717, 1.165) is 0 Å². The molecule has 2 aromatic carbocycles. The highest BCUT2D eigenvalue weighted by Crippen LogP contribution is 2.37. The van der Waals surface area contributed by atoms with Crippen molar-refractivity contribution in [1.29, 1.82) is 0 Å². The van der Waals surface area contributed by atoms with E-state index in [2.05, 4.69) is 0 Å². The Balaban J connectivity index is 2.38. The van der Waals surface area contributed by atoms with Crippen LogP contribution < -0.4 is 15.2 Å². The maximum atomic E-state index is 15.2. The summed E-state index contributed by atoms with van der Waals surface area (Å²) in [6.45, 7) is 7.91. The molecule has 0 fully saturated rings. The van der Waals surface area contributed by atoms with Crippen molar-refractivity contribution in [2.45, 2.75) is 53.1 Å². The number of carbonyl (C=O) groups excluding carboxylic acids is 1. The Hall–Kier alpha value is -3.00. The van der Waals surface area contributed by atoms with Crippen LogP contribution in [0.4, 0.5) is 24.5 Å². The average Bonchev–Trinajstić information content (AvgIpc) is 2.74. The predicted octanol–water partition coefficient (Wildman–Crippen LogP) is 4.70. The molecule has 0 bridgehead atoms. The highest BCUT2D eigenvalue weighted by Gasteiger charge is 2.27. The molecule has 0 heterocycles. The van der Waals surface area contributed by atoms with E-state index in [0.29, 0.717) is 12.5 Å². The van der Waals surface area contributed by atoms with Gasteiger partial charge in [-0.1, -0.05) is 6.92 Å². The van der Waals surface area contributed by atoms with Gasteiger partial charge in [0.2, 0.25) is 21.6 Å². The Morgan fingerprint density at radius 1 is 1.03 bits per heavy atom. The molecular weight excluding hydrogens is 549 g/mol. The first-order valence-electron chi connectivity index (χ1n) is 11.6. The van der Waals surface area contributed by atoms with Crippen molar-refractivity contribution >= 4 is 37.2 Å². The van der Waals surface area contributed by atoms with Gasteiger partial charge in [-0.25, -0.2) is 30.4 Å². The average molecular weight is 581 g/mol. The fourth-order valence-electron chi connectivity index (χ4n) is 3.38. The second kappa shape index (κ2) is 11.8. The maximum absolute atomic E-state index is 15.2. The molecule has 0 aliphatic carbocycles. The summed E-state index contributed by atoms with van der Waals surface area (Å²) in [6, 6.07) is 2.72. The van der Waals surface area contributed by atoms with Crippen LogP contribution in [0.1, 0.15) is 56.5 Å². The third kappa shape index (κ3) is 8.25. The lowest BCUT2D eigenvalue weighted by Crippen LogP contribution is -2.25. The van der Waals surface area contributed by atoms with Gasteiger partial charge in [-0.05, 0) is 52.7 Å². The van der Waals surface area contributed by atoms with Crippen molar-refractivity contribution in [2.24, 2.45) is 0 Å². The molecule has 2 rings (SSSR count). The van der Waals surface area contributed by atoms with Crippen LogP contribution in [0.25, 0.3) is 0 Å². The van der Waals surface area contributed by atoms with Crippen molar-refractivity contribution in [3.63, 3.8) is 0 Å². The summed E-state index contributed by atoms with van der Waals surface area (Å²) in [5.74, 6) is -8.52. The molecule has 0 aliphatic heterocycles. The minimum atomic E-state index is -4.34. The fraction of sp³-hybridized carbons (Fsp3) is 0.458. The number of benzene rings is 2. The lowest BCUT2D eigenvalue weighted by molar-refractivity contribution is 0.00696. The van der Waals surface area contributed by atoms with Gasteiger partial charge in [0, 0.05) is 23.1 Å². The first kappa shape index (κ1) is 31.2. The lowest BCUT2D eigenvalue weighted by Gasteiger charge is -2.22. The number of carbonyl (C=O) groups is 1. The predicted molar refractivity (Wildman–Crippen MR) is 138 cm³/mol. The summed E-state index contributed by atoms with van der Waals surface area (Å²) in [5, 5.41) is 0. The van der Waals surface area contributed by atoms with Gasteiger partial charge in [0.1, 0.15) is 21.2 Å². The number of hydrogen-bond donors (Lipinski definition) is 2. The minimum Gasteiger partial charge on any atom is -0.456 e. The monoisotopic (exact) mass is 580 g/mol. The second-order valence-corrected chi connectivity index (χ2v) is 13.7. The zero-order chi connectivity index (χ0) is 29.1. The molecule has 0 saturated carbocycles. The Bertz CT molecular complexity index is 1420. The molecule has 0 saturated heterocycles. The normalized spacial score (nSPS) is 12.3. The van der Waals surface area contributed by atoms with E-state index in [9.17, 15) is 30.4 Å². The van der Waals surface area contributed by atoms with Crippen molar-refractivity contribution in [3.8, 4) is 11.5 Å². The SMILES string of the molecule is CCCS(=O)(=O)CCCS(=O)(=O)Nc1cc(F)c(F)c(Oc2ccc(N)c(C(=O)OC(C)(C)C)c2C)c1F. The van der Waals surface area contributed by atoms with Crippen LogP contribution in [0.5, 0.6) is 11.5 Å². The maximum Gasteiger partial charge on any atom is 0.341 e. The van der Waals surface area contributed by atoms with Crippen LogP contribution >= 0.6 is 0 Å². The van der Waals surface area contributed by atoms with E-state index in [1.54, 1.807) is 32.4 Å². The number of esters is 1. The first-order chi connectivity index (χ1) is 17.4. The number of rotatable bonds is 11. The number of halogens is 3. The number of nitrogen functional groups attached to an aromatic ring is 1. The van der Waals surface area contributed by atoms with Gasteiger partial charge in [-0.15, -0.1) is 0 Å². The van der Waals surface area contributed by atoms with Crippen LogP contribution in [0.2, 0.25) is 0 Å². The Morgan fingerprint density at radius 3 is 2.24 bits per heavy atom. The van der Waals surface area contributed by atoms with Crippen LogP contribution in [0, 0.1) is 24.4 Å². The van der Waals surface area contributed by atoms with Gasteiger partial charge < -0.3 is 15.2 Å². The highest BCUT2D eigenvalue weighted by molar-refractivity contribution is 7.93. The van der Waals surface area contributed by atoms with E-state index in [4.69, 9.17) is 15.2 Å². The molecule has 9 nitrogen and oxygen atoms in total. The van der Waals surface area contributed by atoms with E-state index in [1.807, 2.05) is 0 Å². The van der Waals surface area contributed by atoms with Gasteiger partial charge in [-0.3, -0.25) is 4.72 Å². The Kier molecular flexibility index (Phi) is 9.70. The zero-order valence-electron chi connectivity index (χ0n) is 21.7. The van der Waals surface area contributed by atoms with Crippen molar-refractivity contribution < 1.29 is 44.3 Å². The number of hydrogen-bond acceptors (Lipinski definition) is 8. The molecule has 38 heavy (non-hydrogen) atoms. The fourth-order valence-corrected chi connectivity index (χ4v) is 6.08. The Morgan fingerprint density at radius 2 is 1.66 bits per heavy atom. The van der Waals surface area contributed by atoms with Crippen molar-refractivity contribution in [3.05, 3.63) is 46.8 Å². The summed E-state index contributed by atoms with van der Waals surface area (Å²) in [4.78, 5) is 12.6. The first-order valence-corrected chi connectivity index (χ1v) is 15.0. The third-order valence-electron chi connectivity index (χ3n) is 5.03. The van der Waals surface area contributed by atoms with Crippen LogP contribution in [-0.2, 0) is 24.6 Å². The van der Waals surface area contributed by atoms with Crippen molar-refractivity contribution in [1.82, 2.24) is 0 Å². The van der Waals surface area contributed by atoms with Gasteiger partial charge in [0.15, 0.2) is 11.6 Å². The van der Waals surface area contributed by atoms with Gasteiger partial charge in [-0.2, -0.15) is 4.39 Å². The number of nitrogens with two attached hydrogens (primary N) is 1. The summed E-state index contributed by atoms with van der Waals surface area (Å²) in [7, 11) is -7.79. The number of sulfonamides is 1. The summed E-state index contributed by atoms with van der Waals surface area (Å²) >= 11 is 0. The lowest BCUT2D eigenvalue weighted by atomic mass is 10.0. The molecule has 14 heteroatoms. The number of ether oxygens (including phenoxy) is 2. The number of sulfone groups is 1.